The SMILES string of the molecule is CN=C(NC#N)NCCNCc1cnc(C)nc1C. The number of aliphatic imine (C=N–C) groups is 1. The topological polar surface area (TPSA) is 98.0 Å². The van der Waals surface area contributed by atoms with Gasteiger partial charge in [-0.1, -0.05) is 0 Å². The van der Waals surface area contributed by atoms with Gasteiger partial charge in [0.05, 0.1) is 0 Å². The third-order valence-electron chi connectivity index (χ3n) is 2.51. The molecule has 1 aromatic rings. The van der Waals surface area contributed by atoms with Crippen LogP contribution >= 0.6 is 0 Å². The van der Waals surface area contributed by atoms with Gasteiger partial charge in [-0.25, -0.2) is 9.97 Å². The molecule has 0 unspecified atom stereocenters. The van der Waals surface area contributed by atoms with Crippen LogP contribution in [-0.2, 0) is 6.54 Å². The van der Waals surface area contributed by atoms with Crippen LogP contribution < -0.4 is 16.0 Å². The van der Waals surface area contributed by atoms with E-state index < -0.39 is 0 Å². The third-order valence-corrected chi connectivity index (χ3v) is 2.51. The van der Waals surface area contributed by atoms with E-state index in [2.05, 4.69) is 30.9 Å². The first-order chi connectivity index (χ1) is 9.17. The van der Waals surface area contributed by atoms with Crippen LogP contribution in [0.2, 0.25) is 0 Å². The summed E-state index contributed by atoms with van der Waals surface area (Å²) >= 11 is 0. The summed E-state index contributed by atoms with van der Waals surface area (Å²) in [6.07, 6.45) is 3.66. The summed E-state index contributed by atoms with van der Waals surface area (Å²) in [6, 6.07) is 0. The van der Waals surface area contributed by atoms with E-state index in [1.54, 1.807) is 7.05 Å². The molecule has 1 heterocycles. The summed E-state index contributed by atoms with van der Waals surface area (Å²) in [5.74, 6) is 1.26. The average molecular weight is 261 g/mol. The number of aryl methyl sites for hydroxylation is 2. The number of nitrogens with zero attached hydrogens (tertiary/aromatic N) is 4. The van der Waals surface area contributed by atoms with Gasteiger partial charge in [-0.3, -0.25) is 10.3 Å². The van der Waals surface area contributed by atoms with E-state index in [4.69, 9.17) is 5.26 Å². The van der Waals surface area contributed by atoms with Gasteiger partial charge in [0.15, 0.2) is 6.19 Å². The summed E-state index contributed by atoms with van der Waals surface area (Å²) < 4.78 is 0. The molecule has 0 amide bonds. The predicted octanol–water partition coefficient (Wildman–Crippen LogP) is -0.171. The van der Waals surface area contributed by atoms with Crippen molar-refractivity contribution in [2.24, 2.45) is 4.99 Å². The summed E-state index contributed by atoms with van der Waals surface area (Å²) in [6.45, 7) is 6.00. The number of aromatic nitrogens is 2. The molecule has 0 radical (unpaired) electrons. The predicted molar refractivity (Wildman–Crippen MR) is 73.3 cm³/mol. The molecule has 0 aliphatic rings. The normalized spacial score (nSPS) is 10.9. The highest BCUT2D eigenvalue weighted by atomic mass is 15.2. The third kappa shape index (κ3) is 5.31. The Kier molecular flexibility index (Phi) is 6.26. The van der Waals surface area contributed by atoms with Gasteiger partial charge in [-0.05, 0) is 13.8 Å². The second-order valence-corrected chi connectivity index (χ2v) is 3.94. The van der Waals surface area contributed by atoms with Crippen LogP contribution in [-0.4, -0.2) is 36.1 Å². The highest BCUT2D eigenvalue weighted by Crippen LogP contribution is 2.02. The van der Waals surface area contributed by atoms with Crippen LogP contribution in [0.3, 0.4) is 0 Å². The van der Waals surface area contributed by atoms with Gasteiger partial charge < -0.3 is 10.6 Å². The van der Waals surface area contributed by atoms with E-state index in [0.717, 1.165) is 30.2 Å². The van der Waals surface area contributed by atoms with Crippen molar-refractivity contribution in [1.29, 1.82) is 5.26 Å². The Labute approximate surface area is 113 Å². The van der Waals surface area contributed by atoms with Crippen molar-refractivity contribution in [1.82, 2.24) is 25.9 Å². The van der Waals surface area contributed by atoms with Gasteiger partial charge in [0.2, 0.25) is 5.96 Å². The van der Waals surface area contributed by atoms with Crippen molar-refractivity contribution < 1.29 is 0 Å². The van der Waals surface area contributed by atoms with Crippen molar-refractivity contribution in [3.05, 3.63) is 23.3 Å². The van der Waals surface area contributed by atoms with Crippen LogP contribution in [0.5, 0.6) is 0 Å². The summed E-state index contributed by atoms with van der Waals surface area (Å²) in [4.78, 5) is 12.4. The number of nitriles is 1. The number of hydrogen-bond donors (Lipinski definition) is 3. The van der Waals surface area contributed by atoms with Crippen LogP contribution in [0.1, 0.15) is 17.1 Å². The molecule has 0 aliphatic carbocycles. The zero-order valence-electron chi connectivity index (χ0n) is 11.5. The molecule has 19 heavy (non-hydrogen) atoms. The molecule has 0 spiro atoms. The summed E-state index contributed by atoms with van der Waals surface area (Å²) in [5.41, 5.74) is 2.08. The maximum Gasteiger partial charge on any atom is 0.204 e. The highest BCUT2D eigenvalue weighted by molar-refractivity contribution is 5.80. The minimum Gasteiger partial charge on any atom is -0.354 e. The molecule has 102 valence electrons. The Hall–Kier alpha value is -2.20. The molecule has 0 bridgehead atoms. The maximum absolute atomic E-state index is 8.46. The zero-order chi connectivity index (χ0) is 14.1. The van der Waals surface area contributed by atoms with Crippen molar-refractivity contribution in [2.75, 3.05) is 20.1 Å². The van der Waals surface area contributed by atoms with Gasteiger partial charge >= 0.3 is 0 Å². The average Bonchev–Trinajstić information content (AvgIpc) is 2.39. The van der Waals surface area contributed by atoms with E-state index in [1.807, 2.05) is 26.2 Å². The Morgan fingerprint density at radius 2 is 2.21 bits per heavy atom. The molecule has 0 aromatic carbocycles. The molecule has 0 fully saturated rings. The number of rotatable bonds is 5. The van der Waals surface area contributed by atoms with Crippen LogP contribution in [0.15, 0.2) is 11.2 Å². The van der Waals surface area contributed by atoms with E-state index >= 15 is 0 Å². The van der Waals surface area contributed by atoms with Gasteiger partial charge in [0, 0.05) is 44.1 Å². The highest BCUT2D eigenvalue weighted by Gasteiger charge is 2.00. The van der Waals surface area contributed by atoms with E-state index in [1.165, 1.54) is 0 Å². The van der Waals surface area contributed by atoms with Gasteiger partial charge in [0.1, 0.15) is 5.82 Å². The molecule has 0 saturated heterocycles. The van der Waals surface area contributed by atoms with Crippen molar-refractivity contribution in [2.45, 2.75) is 20.4 Å². The van der Waals surface area contributed by atoms with Gasteiger partial charge in [-0.15, -0.1) is 0 Å². The molecule has 7 heteroatoms. The molecule has 0 aliphatic heterocycles. The molecule has 1 aromatic heterocycles. The first-order valence-corrected chi connectivity index (χ1v) is 6.03. The Morgan fingerprint density at radius 3 is 2.84 bits per heavy atom. The van der Waals surface area contributed by atoms with Crippen LogP contribution in [0, 0.1) is 25.3 Å². The minimum absolute atomic E-state index is 0.471. The van der Waals surface area contributed by atoms with Crippen LogP contribution in [0.25, 0.3) is 0 Å². The smallest absolute Gasteiger partial charge is 0.204 e. The van der Waals surface area contributed by atoms with Crippen molar-refractivity contribution >= 4 is 5.96 Å². The molecule has 0 atom stereocenters. The molecule has 7 nitrogen and oxygen atoms in total. The fourth-order valence-corrected chi connectivity index (χ4v) is 1.51. The van der Waals surface area contributed by atoms with Gasteiger partial charge in [0.25, 0.3) is 0 Å². The first kappa shape index (κ1) is 14.9. The van der Waals surface area contributed by atoms with E-state index in [0.29, 0.717) is 12.5 Å². The van der Waals surface area contributed by atoms with E-state index in [9.17, 15) is 0 Å². The Bertz CT molecular complexity index is 475. The first-order valence-electron chi connectivity index (χ1n) is 6.03. The lowest BCUT2D eigenvalue weighted by atomic mass is 10.2. The molecular weight excluding hydrogens is 242 g/mol. The maximum atomic E-state index is 8.46. The van der Waals surface area contributed by atoms with Crippen LogP contribution in [0.4, 0.5) is 0 Å². The lowest BCUT2D eigenvalue weighted by Gasteiger charge is -2.09. The standard InChI is InChI=1S/C12H19N7/c1-9-11(7-17-10(2)19-9)6-15-4-5-16-12(14-3)18-8-13/h7,15H,4-6H2,1-3H3,(H2,14,16,18). The second kappa shape index (κ2) is 8.00. The lowest BCUT2D eigenvalue weighted by Crippen LogP contribution is -2.38. The minimum atomic E-state index is 0.471. The second-order valence-electron chi connectivity index (χ2n) is 3.94. The molecular formula is C12H19N7. The fourth-order valence-electron chi connectivity index (χ4n) is 1.51. The molecule has 3 N–H and O–H groups in total. The summed E-state index contributed by atoms with van der Waals surface area (Å²) in [7, 11) is 1.62. The lowest BCUT2D eigenvalue weighted by molar-refractivity contribution is 0.661. The van der Waals surface area contributed by atoms with Crippen molar-refractivity contribution in [3.63, 3.8) is 0 Å². The number of hydrogen-bond acceptors (Lipinski definition) is 5. The molecule has 1 rings (SSSR count). The quantitative estimate of drug-likeness (QED) is 0.224. The number of nitrogens with one attached hydrogen (secondary N) is 3. The Morgan fingerprint density at radius 1 is 1.42 bits per heavy atom. The Balaban J connectivity index is 2.26. The fraction of sp³-hybridized carbons (Fsp3) is 0.500. The van der Waals surface area contributed by atoms with Crippen molar-refractivity contribution in [3.8, 4) is 6.19 Å². The monoisotopic (exact) mass is 261 g/mol. The molecule has 0 saturated carbocycles. The van der Waals surface area contributed by atoms with E-state index in [-0.39, 0.29) is 0 Å². The van der Waals surface area contributed by atoms with Gasteiger partial charge in [-0.2, -0.15) is 5.26 Å². The number of guanidine groups is 1. The largest absolute Gasteiger partial charge is 0.354 e. The zero-order valence-corrected chi connectivity index (χ0v) is 11.5. The summed E-state index contributed by atoms with van der Waals surface area (Å²) in [5, 5.41) is 17.2.